The van der Waals surface area contributed by atoms with Crippen molar-refractivity contribution in [2.45, 2.75) is 115 Å². The first-order valence-corrected chi connectivity index (χ1v) is 13.6. The van der Waals surface area contributed by atoms with Gasteiger partial charge in [-0.1, -0.05) is 27.7 Å². The van der Waals surface area contributed by atoms with Crippen molar-refractivity contribution in [1.82, 2.24) is 0 Å². The molecule has 8 nitrogen and oxygen atoms in total. The Bertz CT molecular complexity index is 917. The highest BCUT2D eigenvalue weighted by Crippen LogP contribution is 2.69. The number of hydrogen-bond acceptors (Lipinski definition) is 8. The van der Waals surface area contributed by atoms with Gasteiger partial charge in [0.15, 0.2) is 5.78 Å². The van der Waals surface area contributed by atoms with Crippen LogP contribution < -0.4 is 0 Å². The van der Waals surface area contributed by atoms with Crippen LogP contribution in [0.25, 0.3) is 0 Å². The molecular formula is C28H46O8. The molecule has 0 bridgehead atoms. The fourth-order valence-electron chi connectivity index (χ4n) is 8.53. The molecule has 12 atom stereocenters. The summed E-state index contributed by atoms with van der Waals surface area (Å²) in [6.07, 6.45) is 0.00361. The average molecular weight is 511 g/mol. The number of aliphatic hydroxyl groups excluding tert-OH is 4. The van der Waals surface area contributed by atoms with Crippen molar-refractivity contribution in [1.29, 1.82) is 0 Å². The van der Waals surface area contributed by atoms with Gasteiger partial charge in [0.05, 0.1) is 29.5 Å². The number of carbonyl (C=O) groups excluding carboxylic acids is 1. The lowest BCUT2D eigenvalue weighted by Crippen LogP contribution is -2.69. The van der Waals surface area contributed by atoms with E-state index in [1.54, 1.807) is 13.8 Å². The Kier molecular flexibility index (Phi) is 6.90. The van der Waals surface area contributed by atoms with Crippen LogP contribution in [0.1, 0.15) is 79.6 Å². The molecule has 0 amide bonds. The van der Waals surface area contributed by atoms with Gasteiger partial charge in [0.1, 0.15) is 5.60 Å². The zero-order chi connectivity index (χ0) is 27.1. The zero-order valence-corrected chi connectivity index (χ0v) is 22.3. The van der Waals surface area contributed by atoms with E-state index < -0.39 is 57.6 Å². The van der Waals surface area contributed by atoms with Crippen LogP contribution in [-0.2, 0) is 4.79 Å². The molecule has 0 aromatic heterocycles. The summed E-state index contributed by atoms with van der Waals surface area (Å²) in [5.41, 5.74) is -6.03. The maximum Gasteiger partial charge on any atom is 0.187 e. The molecule has 3 fully saturated rings. The monoisotopic (exact) mass is 510 g/mol. The normalized spacial score (nSPS) is 48.7. The Morgan fingerprint density at radius 1 is 1.00 bits per heavy atom. The molecule has 206 valence electrons. The first-order valence-electron chi connectivity index (χ1n) is 13.6. The van der Waals surface area contributed by atoms with Crippen LogP contribution in [0.5, 0.6) is 0 Å². The second kappa shape index (κ2) is 8.83. The van der Waals surface area contributed by atoms with Gasteiger partial charge in [-0.05, 0) is 80.8 Å². The van der Waals surface area contributed by atoms with Crippen LogP contribution in [-0.4, -0.2) is 83.3 Å². The summed E-state index contributed by atoms with van der Waals surface area (Å²) >= 11 is 0. The summed E-state index contributed by atoms with van der Waals surface area (Å²) in [4.78, 5) is 13.4. The van der Waals surface area contributed by atoms with E-state index in [1.807, 2.05) is 20.8 Å². The molecule has 4 aliphatic carbocycles. The van der Waals surface area contributed by atoms with Crippen LogP contribution >= 0.6 is 0 Å². The van der Waals surface area contributed by atoms with E-state index in [9.17, 15) is 40.5 Å². The van der Waals surface area contributed by atoms with Crippen LogP contribution in [0.15, 0.2) is 11.6 Å². The van der Waals surface area contributed by atoms with E-state index in [-0.39, 0.29) is 37.2 Å². The Hall–Kier alpha value is -0.870. The minimum atomic E-state index is -1.82. The van der Waals surface area contributed by atoms with Crippen LogP contribution in [0, 0.1) is 34.5 Å². The van der Waals surface area contributed by atoms with Crippen molar-refractivity contribution in [3.8, 4) is 0 Å². The first kappa shape index (κ1) is 28.1. The van der Waals surface area contributed by atoms with Crippen molar-refractivity contribution < 1.29 is 40.5 Å². The summed E-state index contributed by atoms with van der Waals surface area (Å²) in [7, 11) is 0. The van der Waals surface area contributed by atoms with E-state index >= 15 is 0 Å². The average Bonchev–Trinajstić information content (AvgIpc) is 3.08. The van der Waals surface area contributed by atoms with Gasteiger partial charge in [-0.3, -0.25) is 4.79 Å². The predicted molar refractivity (Wildman–Crippen MR) is 133 cm³/mol. The Morgan fingerprint density at radius 3 is 2.22 bits per heavy atom. The van der Waals surface area contributed by atoms with Crippen molar-refractivity contribution >= 4 is 5.78 Å². The number of ketones is 1. The van der Waals surface area contributed by atoms with Crippen molar-refractivity contribution in [2.24, 2.45) is 34.5 Å². The Morgan fingerprint density at radius 2 is 1.61 bits per heavy atom. The molecule has 1 unspecified atom stereocenters. The molecule has 0 aromatic carbocycles. The van der Waals surface area contributed by atoms with Gasteiger partial charge in [0, 0.05) is 23.9 Å². The molecule has 36 heavy (non-hydrogen) atoms. The molecule has 0 saturated heterocycles. The molecule has 0 radical (unpaired) electrons. The van der Waals surface area contributed by atoms with Gasteiger partial charge in [0.25, 0.3) is 0 Å². The van der Waals surface area contributed by atoms with E-state index in [4.69, 9.17) is 0 Å². The predicted octanol–water partition coefficient (Wildman–Crippen LogP) is 1.07. The summed E-state index contributed by atoms with van der Waals surface area (Å²) in [6, 6.07) is 0. The third kappa shape index (κ3) is 3.63. The quantitative estimate of drug-likeness (QED) is 0.280. The molecule has 0 spiro atoms. The molecule has 0 aromatic rings. The molecule has 0 heterocycles. The maximum absolute atomic E-state index is 13.4. The number of fused-ring (bicyclic) bond motifs is 5. The summed E-state index contributed by atoms with van der Waals surface area (Å²) in [6.45, 7) is 9.17. The molecule has 3 saturated carbocycles. The fourth-order valence-corrected chi connectivity index (χ4v) is 8.53. The molecular weight excluding hydrogens is 464 g/mol. The van der Waals surface area contributed by atoms with Gasteiger partial charge in [-0.2, -0.15) is 0 Å². The minimum absolute atomic E-state index is 0.00264. The van der Waals surface area contributed by atoms with E-state index in [0.717, 1.165) is 0 Å². The lowest BCUT2D eigenvalue weighted by Gasteiger charge is -2.62. The highest BCUT2D eigenvalue weighted by atomic mass is 16.3. The highest BCUT2D eigenvalue weighted by molar-refractivity contribution is 6.00. The second-order valence-corrected chi connectivity index (χ2v) is 13.4. The van der Waals surface area contributed by atoms with Gasteiger partial charge >= 0.3 is 0 Å². The Balaban J connectivity index is 1.69. The summed E-state index contributed by atoms with van der Waals surface area (Å²) < 4.78 is 0. The largest absolute Gasteiger partial charge is 0.396 e. The van der Waals surface area contributed by atoms with Crippen LogP contribution in [0.4, 0.5) is 0 Å². The van der Waals surface area contributed by atoms with Gasteiger partial charge in [-0.25, -0.2) is 0 Å². The molecule has 7 N–H and O–H groups in total. The van der Waals surface area contributed by atoms with Crippen LogP contribution in [0.3, 0.4) is 0 Å². The zero-order valence-electron chi connectivity index (χ0n) is 22.3. The van der Waals surface area contributed by atoms with Crippen molar-refractivity contribution in [3.63, 3.8) is 0 Å². The molecule has 4 rings (SSSR count). The third-order valence-corrected chi connectivity index (χ3v) is 11.5. The lowest BCUT2D eigenvalue weighted by molar-refractivity contribution is -0.211. The van der Waals surface area contributed by atoms with Gasteiger partial charge in [0.2, 0.25) is 0 Å². The van der Waals surface area contributed by atoms with Gasteiger partial charge in [-0.15, -0.1) is 0 Å². The number of rotatable bonds is 6. The highest BCUT2D eigenvalue weighted by Gasteiger charge is 2.71. The SMILES string of the molecule is CC(C[C@@H](O)[C@](C)(O)[C@H]1CC[C@@]2(O)C3=CC(=O)[C@]4(O)C[C@@H](O)[C@@H](O)C[C@]4(C)[C@H]3CC[C@]12C)[C@@H](C)CO. The number of aliphatic hydroxyl groups is 7. The molecule has 8 heteroatoms. The summed E-state index contributed by atoms with van der Waals surface area (Å²) in [5.74, 6) is -1.39. The molecule has 4 aliphatic rings. The van der Waals surface area contributed by atoms with Crippen molar-refractivity contribution in [2.75, 3.05) is 6.61 Å². The number of hydrogen-bond donors (Lipinski definition) is 7. The van der Waals surface area contributed by atoms with E-state index in [2.05, 4.69) is 0 Å². The first-order chi connectivity index (χ1) is 16.5. The maximum atomic E-state index is 13.4. The second-order valence-electron chi connectivity index (χ2n) is 13.4. The smallest absolute Gasteiger partial charge is 0.187 e. The van der Waals surface area contributed by atoms with Gasteiger partial charge < -0.3 is 35.7 Å². The standard InChI is InChI=1S/C28H46O8/c1-15(16(2)14-29)10-22(32)26(5,34)21-7-9-27(35)18-11-23(33)28(36)13-20(31)19(30)12-25(28,4)17(18)6-8-24(21,27)3/h11,15-17,19-22,29-32,34-36H,6-10,12-14H2,1-5H3/t15?,16-,17-,19-,20+,21-,22+,24+,25+,26+,27+,28+/m0/s1. The fraction of sp³-hybridized carbons (Fsp3) is 0.893. The Labute approximate surface area is 214 Å². The van der Waals surface area contributed by atoms with E-state index in [0.29, 0.717) is 37.7 Å². The van der Waals surface area contributed by atoms with Crippen molar-refractivity contribution in [3.05, 3.63) is 11.6 Å². The topological polar surface area (TPSA) is 159 Å². The van der Waals surface area contributed by atoms with E-state index in [1.165, 1.54) is 6.08 Å². The number of carbonyl (C=O) groups is 1. The third-order valence-electron chi connectivity index (χ3n) is 11.5. The molecule has 0 aliphatic heterocycles. The lowest BCUT2D eigenvalue weighted by atomic mass is 9.44. The minimum Gasteiger partial charge on any atom is -0.396 e. The van der Waals surface area contributed by atoms with Crippen LogP contribution in [0.2, 0.25) is 0 Å². The summed E-state index contributed by atoms with van der Waals surface area (Å²) in [5, 5.41) is 76.8.